The van der Waals surface area contributed by atoms with E-state index in [1.165, 1.54) is 24.0 Å². The zero-order valence-corrected chi connectivity index (χ0v) is 10.9. The molecule has 2 nitrogen and oxygen atoms in total. The highest BCUT2D eigenvalue weighted by Crippen LogP contribution is 2.37. The van der Waals surface area contributed by atoms with Gasteiger partial charge in [0.05, 0.1) is 0 Å². The van der Waals surface area contributed by atoms with Gasteiger partial charge in [-0.3, -0.25) is 0 Å². The van der Waals surface area contributed by atoms with Crippen molar-refractivity contribution in [1.29, 1.82) is 0 Å². The summed E-state index contributed by atoms with van der Waals surface area (Å²) in [5.41, 5.74) is 2.86. The number of hydrogen-bond donors (Lipinski definition) is 1. The number of nitrogens with one attached hydrogen (secondary N) is 1. The molecule has 1 fully saturated rings. The van der Waals surface area contributed by atoms with Crippen LogP contribution in [-0.4, -0.2) is 24.1 Å². The largest absolute Gasteiger partial charge is 0.488 e. The predicted molar refractivity (Wildman–Crippen MR) is 70.0 cm³/mol. The molecule has 1 aliphatic heterocycles. The molecule has 1 aliphatic carbocycles. The van der Waals surface area contributed by atoms with E-state index >= 15 is 0 Å². The van der Waals surface area contributed by atoms with E-state index in [0.717, 1.165) is 18.7 Å². The Morgan fingerprint density at radius 2 is 2.29 bits per heavy atom. The number of aryl methyl sites for hydroxylation is 1. The summed E-state index contributed by atoms with van der Waals surface area (Å²) >= 11 is 5.95. The SMILES string of the molecule is Cc1ccc2c(c1)CC(CNC1(CCl)CC1)O2. The van der Waals surface area contributed by atoms with E-state index in [-0.39, 0.29) is 11.6 Å². The van der Waals surface area contributed by atoms with Crippen molar-refractivity contribution in [2.24, 2.45) is 0 Å². The molecule has 1 aromatic carbocycles. The first-order chi connectivity index (χ1) is 8.21. The number of alkyl halides is 1. The topological polar surface area (TPSA) is 21.3 Å². The molecule has 17 heavy (non-hydrogen) atoms. The molecule has 1 aromatic rings. The lowest BCUT2D eigenvalue weighted by atomic mass is 10.1. The smallest absolute Gasteiger partial charge is 0.123 e. The van der Waals surface area contributed by atoms with Gasteiger partial charge < -0.3 is 10.1 Å². The van der Waals surface area contributed by atoms with Crippen molar-refractivity contribution in [2.45, 2.75) is 37.8 Å². The van der Waals surface area contributed by atoms with Gasteiger partial charge in [0.15, 0.2) is 0 Å². The Hall–Kier alpha value is -0.730. The minimum absolute atomic E-state index is 0.218. The van der Waals surface area contributed by atoms with Crippen molar-refractivity contribution in [3.63, 3.8) is 0 Å². The van der Waals surface area contributed by atoms with Crippen LogP contribution < -0.4 is 10.1 Å². The van der Waals surface area contributed by atoms with Crippen LogP contribution in [0.1, 0.15) is 24.0 Å². The van der Waals surface area contributed by atoms with Gasteiger partial charge in [-0.1, -0.05) is 17.7 Å². The molecule has 0 amide bonds. The summed E-state index contributed by atoms with van der Waals surface area (Å²) in [4.78, 5) is 0. The number of hydrogen-bond acceptors (Lipinski definition) is 2. The Kier molecular flexibility index (Phi) is 2.80. The van der Waals surface area contributed by atoms with Crippen molar-refractivity contribution >= 4 is 11.6 Å². The van der Waals surface area contributed by atoms with Gasteiger partial charge in [-0.05, 0) is 31.4 Å². The monoisotopic (exact) mass is 251 g/mol. The lowest BCUT2D eigenvalue weighted by Gasteiger charge is -2.17. The van der Waals surface area contributed by atoms with Crippen LogP contribution in [0, 0.1) is 6.92 Å². The van der Waals surface area contributed by atoms with Crippen LogP contribution in [0.5, 0.6) is 5.75 Å². The van der Waals surface area contributed by atoms with Crippen LogP contribution >= 0.6 is 11.6 Å². The van der Waals surface area contributed by atoms with E-state index in [2.05, 4.69) is 30.4 Å². The standard InChI is InChI=1S/C14H18ClNO/c1-10-2-3-13-11(6-10)7-12(17-13)8-16-14(9-15)4-5-14/h2-3,6,12,16H,4-5,7-9H2,1H3. The Balaban J connectivity index is 1.59. The van der Waals surface area contributed by atoms with E-state index in [1.54, 1.807) is 0 Å². The Morgan fingerprint density at radius 1 is 1.47 bits per heavy atom. The fourth-order valence-corrected chi connectivity index (χ4v) is 2.76. The third-order valence-corrected chi connectivity index (χ3v) is 4.28. The lowest BCUT2D eigenvalue weighted by molar-refractivity contribution is 0.221. The minimum atomic E-state index is 0.218. The molecule has 1 atom stereocenters. The molecule has 1 N–H and O–H groups in total. The van der Waals surface area contributed by atoms with E-state index in [9.17, 15) is 0 Å². The summed E-state index contributed by atoms with van der Waals surface area (Å²) in [5.74, 6) is 1.77. The molecule has 3 heteroatoms. The van der Waals surface area contributed by atoms with Crippen molar-refractivity contribution in [3.05, 3.63) is 29.3 Å². The summed E-state index contributed by atoms with van der Waals surface area (Å²) in [5, 5.41) is 3.55. The van der Waals surface area contributed by atoms with Gasteiger partial charge in [-0.2, -0.15) is 0 Å². The predicted octanol–water partition coefficient (Wildman–Crippen LogP) is 2.66. The summed E-state index contributed by atoms with van der Waals surface area (Å²) in [6, 6.07) is 6.42. The first kappa shape index (κ1) is 11.4. The highest BCUT2D eigenvalue weighted by Gasteiger charge is 2.42. The Bertz CT molecular complexity index is 428. The van der Waals surface area contributed by atoms with Crippen LogP contribution in [-0.2, 0) is 6.42 Å². The zero-order valence-electron chi connectivity index (χ0n) is 10.1. The number of fused-ring (bicyclic) bond motifs is 1. The van der Waals surface area contributed by atoms with E-state index in [0.29, 0.717) is 5.88 Å². The minimum Gasteiger partial charge on any atom is -0.488 e. The second kappa shape index (κ2) is 4.18. The molecule has 1 heterocycles. The summed E-state index contributed by atoms with van der Waals surface area (Å²) < 4.78 is 5.92. The van der Waals surface area contributed by atoms with Crippen molar-refractivity contribution in [3.8, 4) is 5.75 Å². The normalized spacial score (nSPS) is 24.2. The van der Waals surface area contributed by atoms with Gasteiger partial charge in [0.2, 0.25) is 0 Å². The average molecular weight is 252 g/mol. The number of benzene rings is 1. The molecule has 0 aromatic heterocycles. The molecule has 0 saturated heterocycles. The van der Waals surface area contributed by atoms with E-state index in [1.807, 2.05) is 0 Å². The Labute approximate surface area is 107 Å². The van der Waals surface area contributed by atoms with Gasteiger partial charge in [-0.15, -0.1) is 11.6 Å². The second-order valence-electron chi connectivity index (χ2n) is 5.35. The van der Waals surface area contributed by atoms with Crippen LogP contribution in [0.2, 0.25) is 0 Å². The maximum Gasteiger partial charge on any atom is 0.123 e. The lowest BCUT2D eigenvalue weighted by Crippen LogP contribution is -2.40. The quantitative estimate of drug-likeness (QED) is 0.831. The molecule has 1 unspecified atom stereocenters. The molecular weight excluding hydrogens is 234 g/mol. The van der Waals surface area contributed by atoms with Crippen LogP contribution in [0.15, 0.2) is 18.2 Å². The summed E-state index contributed by atoms with van der Waals surface area (Å²) in [6.45, 7) is 3.03. The summed E-state index contributed by atoms with van der Waals surface area (Å²) in [7, 11) is 0. The number of rotatable bonds is 4. The third-order valence-electron chi connectivity index (χ3n) is 3.77. The molecule has 2 aliphatic rings. The third kappa shape index (κ3) is 2.29. The number of halogens is 1. The first-order valence-electron chi connectivity index (χ1n) is 6.28. The zero-order chi connectivity index (χ0) is 11.9. The fraction of sp³-hybridized carbons (Fsp3) is 0.571. The maximum absolute atomic E-state index is 5.95. The molecule has 0 bridgehead atoms. The van der Waals surface area contributed by atoms with Gasteiger partial charge in [0.25, 0.3) is 0 Å². The molecule has 1 saturated carbocycles. The molecule has 0 spiro atoms. The fourth-order valence-electron chi connectivity index (χ4n) is 2.40. The number of ether oxygens (including phenoxy) is 1. The highest BCUT2D eigenvalue weighted by atomic mass is 35.5. The van der Waals surface area contributed by atoms with Crippen molar-refractivity contribution < 1.29 is 4.74 Å². The Morgan fingerprint density at radius 3 is 3.00 bits per heavy atom. The average Bonchev–Trinajstić information content (AvgIpc) is 3.00. The van der Waals surface area contributed by atoms with Crippen molar-refractivity contribution in [1.82, 2.24) is 5.32 Å². The first-order valence-corrected chi connectivity index (χ1v) is 6.81. The van der Waals surface area contributed by atoms with Gasteiger partial charge in [0, 0.05) is 24.4 Å². The second-order valence-corrected chi connectivity index (χ2v) is 5.62. The van der Waals surface area contributed by atoms with Gasteiger partial charge in [-0.25, -0.2) is 0 Å². The van der Waals surface area contributed by atoms with Crippen LogP contribution in [0.3, 0.4) is 0 Å². The van der Waals surface area contributed by atoms with Gasteiger partial charge >= 0.3 is 0 Å². The molecular formula is C14H18ClNO. The maximum atomic E-state index is 5.95. The van der Waals surface area contributed by atoms with Crippen LogP contribution in [0.25, 0.3) is 0 Å². The summed E-state index contributed by atoms with van der Waals surface area (Å²) in [6.07, 6.45) is 3.69. The molecule has 3 rings (SSSR count). The van der Waals surface area contributed by atoms with Crippen molar-refractivity contribution in [2.75, 3.05) is 12.4 Å². The van der Waals surface area contributed by atoms with Crippen LogP contribution in [0.4, 0.5) is 0 Å². The van der Waals surface area contributed by atoms with E-state index < -0.39 is 0 Å². The molecule has 92 valence electrons. The van der Waals surface area contributed by atoms with E-state index in [4.69, 9.17) is 16.3 Å². The highest BCUT2D eigenvalue weighted by molar-refractivity contribution is 6.18. The molecule has 0 radical (unpaired) electrons. The van der Waals surface area contributed by atoms with Gasteiger partial charge in [0.1, 0.15) is 11.9 Å².